The van der Waals surface area contributed by atoms with E-state index in [1.54, 1.807) is 10.3 Å². The predicted molar refractivity (Wildman–Crippen MR) is 129 cm³/mol. The number of carbonyl (C=O) groups excluding carboxylic acids is 2. The molecule has 0 spiro atoms. The summed E-state index contributed by atoms with van der Waals surface area (Å²) in [7, 11) is 0. The standard InChI is InChI=1S/C25H24N4O5S/c30-24-14-32-20-4-2-1-3-19(20)29(24)13-23-26-18(15-35-23)25(31)28-9-7-27(8-10-28)12-17-5-6-21-22(11-17)34-16-33-21/h1-6,11,15H,7-10,12-14,16H2. The summed E-state index contributed by atoms with van der Waals surface area (Å²) in [5, 5.41) is 2.51. The van der Waals surface area contributed by atoms with Crippen LogP contribution >= 0.6 is 11.3 Å². The van der Waals surface area contributed by atoms with Crippen LogP contribution in [0.1, 0.15) is 21.1 Å². The van der Waals surface area contributed by atoms with Gasteiger partial charge in [-0.25, -0.2) is 4.98 Å². The molecule has 0 unspecified atom stereocenters. The van der Waals surface area contributed by atoms with Crippen LogP contribution in [0.3, 0.4) is 0 Å². The molecule has 3 aliphatic heterocycles. The molecular weight excluding hydrogens is 468 g/mol. The van der Waals surface area contributed by atoms with E-state index in [9.17, 15) is 9.59 Å². The number of amides is 2. The first-order chi connectivity index (χ1) is 17.1. The van der Waals surface area contributed by atoms with Gasteiger partial charge in [0.25, 0.3) is 11.8 Å². The molecule has 3 aliphatic rings. The molecule has 1 saturated heterocycles. The van der Waals surface area contributed by atoms with Crippen LogP contribution in [0.25, 0.3) is 0 Å². The Morgan fingerprint density at radius 2 is 1.77 bits per heavy atom. The van der Waals surface area contributed by atoms with Gasteiger partial charge >= 0.3 is 0 Å². The molecule has 0 radical (unpaired) electrons. The second-order valence-corrected chi connectivity index (χ2v) is 9.56. The molecule has 0 atom stereocenters. The molecule has 9 nitrogen and oxygen atoms in total. The van der Waals surface area contributed by atoms with E-state index in [0.29, 0.717) is 31.1 Å². The zero-order valence-corrected chi connectivity index (χ0v) is 19.8. The summed E-state index contributed by atoms with van der Waals surface area (Å²) >= 11 is 1.40. The van der Waals surface area contributed by atoms with Crippen LogP contribution in [0, 0.1) is 0 Å². The van der Waals surface area contributed by atoms with E-state index in [-0.39, 0.29) is 25.2 Å². The van der Waals surface area contributed by atoms with Gasteiger partial charge < -0.3 is 19.1 Å². The normalized spacial score (nSPS) is 17.3. The van der Waals surface area contributed by atoms with Gasteiger partial charge in [-0.05, 0) is 29.8 Å². The first-order valence-electron chi connectivity index (χ1n) is 11.5. The van der Waals surface area contributed by atoms with Gasteiger partial charge in [0, 0.05) is 38.1 Å². The maximum Gasteiger partial charge on any atom is 0.273 e. The summed E-state index contributed by atoms with van der Waals surface area (Å²) in [6.07, 6.45) is 0. The number of para-hydroxylation sites is 2. The largest absolute Gasteiger partial charge is 0.482 e. The molecule has 2 amide bonds. The van der Waals surface area contributed by atoms with Crippen molar-refractivity contribution < 1.29 is 23.8 Å². The van der Waals surface area contributed by atoms with E-state index >= 15 is 0 Å². The molecule has 1 fully saturated rings. The highest BCUT2D eigenvalue weighted by Gasteiger charge is 2.28. The van der Waals surface area contributed by atoms with Crippen LogP contribution in [0.4, 0.5) is 5.69 Å². The topological polar surface area (TPSA) is 84.4 Å². The van der Waals surface area contributed by atoms with Crippen molar-refractivity contribution in [2.75, 3.05) is 44.5 Å². The van der Waals surface area contributed by atoms with E-state index in [1.807, 2.05) is 41.3 Å². The van der Waals surface area contributed by atoms with Crippen LogP contribution in [0.15, 0.2) is 47.8 Å². The fourth-order valence-electron chi connectivity index (χ4n) is 4.51. The van der Waals surface area contributed by atoms with Crippen molar-refractivity contribution in [2.45, 2.75) is 13.1 Å². The Morgan fingerprint density at radius 3 is 2.66 bits per heavy atom. The molecule has 6 rings (SSSR count). The summed E-state index contributed by atoms with van der Waals surface area (Å²) < 4.78 is 16.4. The lowest BCUT2D eigenvalue weighted by Gasteiger charge is -2.34. The lowest BCUT2D eigenvalue weighted by atomic mass is 10.1. The van der Waals surface area contributed by atoms with Crippen molar-refractivity contribution in [2.24, 2.45) is 0 Å². The molecule has 0 aliphatic carbocycles. The van der Waals surface area contributed by atoms with E-state index in [2.05, 4.69) is 16.0 Å². The zero-order chi connectivity index (χ0) is 23.8. The van der Waals surface area contributed by atoms with Crippen molar-refractivity contribution in [3.05, 3.63) is 64.1 Å². The fraction of sp³-hybridized carbons (Fsp3) is 0.320. The number of hydrogen-bond acceptors (Lipinski definition) is 8. The summed E-state index contributed by atoms with van der Waals surface area (Å²) in [5.41, 5.74) is 2.33. The average Bonchev–Trinajstić information content (AvgIpc) is 3.55. The number of piperazine rings is 1. The predicted octanol–water partition coefficient (Wildman–Crippen LogP) is 2.76. The van der Waals surface area contributed by atoms with Crippen molar-refractivity contribution in [1.29, 1.82) is 0 Å². The summed E-state index contributed by atoms with van der Waals surface area (Å²) in [6.45, 7) is 4.26. The number of benzene rings is 2. The maximum atomic E-state index is 13.1. The number of rotatable bonds is 5. The second kappa shape index (κ2) is 9.20. The van der Waals surface area contributed by atoms with Crippen molar-refractivity contribution in [3.63, 3.8) is 0 Å². The molecule has 0 saturated carbocycles. The van der Waals surface area contributed by atoms with Crippen LogP contribution in [-0.2, 0) is 17.9 Å². The third kappa shape index (κ3) is 4.42. The lowest BCUT2D eigenvalue weighted by molar-refractivity contribution is -0.121. The Kier molecular flexibility index (Phi) is 5.75. The number of carbonyl (C=O) groups is 2. The van der Waals surface area contributed by atoms with Crippen LogP contribution in [0.2, 0.25) is 0 Å². The number of aromatic nitrogens is 1. The van der Waals surface area contributed by atoms with E-state index < -0.39 is 0 Å². The summed E-state index contributed by atoms with van der Waals surface area (Å²) in [6, 6.07) is 13.5. The number of anilines is 1. The zero-order valence-electron chi connectivity index (χ0n) is 19.0. The Balaban J connectivity index is 1.06. The second-order valence-electron chi connectivity index (χ2n) is 8.62. The SMILES string of the molecule is O=C(c1csc(CN2C(=O)COc3ccccc32)n1)N1CCN(Cc2ccc3c(c2)OCO3)CC1. The molecule has 4 heterocycles. The van der Waals surface area contributed by atoms with Gasteiger partial charge in [-0.1, -0.05) is 18.2 Å². The number of fused-ring (bicyclic) bond motifs is 2. The number of hydrogen-bond donors (Lipinski definition) is 0. The lowest BCUT2D eigenvalue weighted by Crippen LogP contribution is -2.48. The van der Waals surface area contributed by atoms with Gasteiger partial charge in [0.1, 0.15) is 16.5 Å². The Bertz CT molecular complexity index is 1270. The van der Waals surface area contributed by atoms with Gasteiger partial charge in [-0.15, -0.1) is 11.3 Å². The van der Waals surface area contributed by atoms with Crippen molar-refractivity contribution in [3.8, 4) is 17.2 Å². The molecule has 2 aromatic carbocycles. The number of thiazole rings is 1. The Labute approximate surface area is 206 Å². The number of ether oxygens (including phenoxy) is 3. The number of nitrogens with zero attached hydrogens (tertiary/aromatic N) is 4. The van der Waals surface area contributed by atoms with Gasteiger partial charge in [-0.2, -0.15) is 0 Å². The highest BCUT2D eigenvalue weighted by molar-refractivity contribution is 7.09. The monoisotopic (exact) mass is 492 g/mol. The minimum atomic E-state index is -0.120. The Morgan fingerprint density at radius 1 is 0.943 bits per heavy atom. The molecule has 180 valence electrons. The summed E-state index contributed by atoms with van der Waals surface area (Å²) in [5.74, 6) is 2.07. The third-order valence-corrected chi connectivity index (χ3v) is 7.21. The van der Waals surface area contributed by atoms with Gasteiger partial charge in [0.2, 0.25) is 6.79 Å². The quantitative estimate of drug-likeness (QED) is 0.542. The summed E-state index contributed by atoms with van der Waals surface area (Å²) in [4.78, 5) is 35.9. The van der Waals surface area contributed by atoms with Crippen molar-refractivity contribution >= 4 is 28.8 Å². The van der Waals surface area contributed by atoms with Gasteiger partial charge in [0.05, 0.1) is 12.2 Å². The molecule has 0 bridgehead atoms. The highest BCUT2D eigenvalue weighted by atomic mass is 32.1. The molecule has 35 heavy (non-hydrogen) atoms. The first-order valence-corrected chi connectivity index (χ1v) is 12.4. The average molecular weight is 493 g/mol. The molecular formula is C25H24N4O5S. The van der Waals surface area contributed by atoms with E-state index in [0.717, 1.165) is 47.4 Å². The molecule has 10 heteroatoms. The maximum absolute atomic E-state index is 13.1. The van der Waals surface area contributed by atoms with E-state index in [1.165, 1.54) is 11.3 Å². The van der Waals surface area contributed by atoms with Gasteiger partial charge in [-0.3, -0.25) is 19.4 Å². The first kappa shape index (κ1) is 21.9. The minimum absolute atomic E-state index is 0.00468. The van der Waals surface area contributed by atoms with Crippen LogP contribution in [0.5, 0.6) is 17.2 Å². The van der Waals surface area contributed by atoms with Gasteiger partial charge in [0.15, 0.2) is 18.1 Å². The third-order valence-electron chi connectivity index (χ3n) is 6.38. The Hall–Kier alpha value is -3.63. The van der Waals surface area contributed by atoms with Crippen LogP contribution < -0.4 is 19.1 Å². The van der Waals surface area contributed by atoms with Crippen LogP contribution in [-0.4, -0.2) is 66.2 Å². The molecule has 3 aromatic rings. The van der Waals surface area contributed by atoms with E-state index in [4.69, 9.17) is 14.2 Å². The molecule has 0 N–H and O–H groups in total. The van der Waals surface area contributed by atoms with Crippen molar-refractivity contribution in [1.82, 2.24) is 14.8 Å². The minimum Gasteiger partial charge on any atom is -0.482 e. The molecule has 1 aromatic heterocycles. The fourth-order valence-corrected chi connectivity index (χ4v) is 5.27. The smallest absolute Gasteiger partial charge is 0.273 e. The highest BCUT2D eigenvalue weighted by Crippen LogP contribution is 2.34.